The number of aromatic nitrogens is 3. The Balaban J connectivity index is 1.85. The third kappa shape index (κ3) is 3.43. The molecule has 3 rings (SSSR count). The van der Waals surface area contributed by atoms with Gasteiger partial charge in [0, 0.05) is 7.05 Å². The molecule has 26 heavy (non-hydrogen) atoms. The average molecular weight is 388 g/mol. The van der Waals surface area contributed by atoms with Crippen molar-refractivity contribution >= 4 is 22.2 Å². The summed E-state index contributed by atoms with van der Waals surface area (Å²) in [6.07, 6.45) is -3.18. The zero-order valence-electron chi connectivity index (χ0n) is 12.9. The first kappa shape index (κ1) is 18.0. The maximum absolute atomic E-state index is 13.6. The van der Waals surface area contributed by atoms with E-state index in [1.54, 1.807) is 0 Å². The van der Waals surface area contributed by atoms with Gasteiger partial charge >= 0.3 is 6.18 Å². The summed E-state index contributed by atoms with van der Waals surface area (Å²) in [4.78, 5) is 15.7. The zero-order chi connectivity index (χ0) is 19.1. The summed E-state index contributed by atoms with van der Waals surface area (Å²) in [5.74, 6) is -3.28. The van der Waals surface area contributed by atoms with Crippen LogP contribution in [0.3, 0.4) is 0 Å². The normalized spacial score (nSPS) is 11.6. The minimum atomic E-state index is -4.58. The Hall–Kier alpha value is -2.82. The van der Waals surface area contributed by atoms with E-state index in [4.69, 9.17) is 0 Å². The summed E-state index contributed by atoms with van der Waals surface area (Å²) in [5, 5.41) is 5.91. The van der Waals surface area contributed by atoms with E-state index in [0.29, 0.717) is 17.3 Å². The Morgan fingerprint density at radius 1 is 1.19 bits per heavy atom. The van der Waals surface area contributed by atoms with E-state index in [9.17, 15) is 26.7 Å². The van der Waals surface area contributed by atoms with Gasteiger partial charge in [0.05, 0.1) is 28.0 Å². The quantitative estimate of drug-likeness (QED) is 0.688. The fraction of sp³-hybridized carbons (Fsp3) is 0.133. The van der Waals surface area contributed by atoms with E-state index in [-0.39, 0.29) is 10.7 Å². The van der Waals surface area contributed by atoms with E-state index in [1.165, 1.54) is 19.2 Å². The molecule has 3 aromatic heterocycles. The van der Waals surface area contributed by atoms with Crippen molar-refractivity contribution in [2.75, 3.05) is 5.32 Å². The van der Waals surface area contributed by atoms with Crippen molar-refractivity contribution in [3.63, 3.8) is 0 Å². The third-order valence-corrected chi connectivity index (χ3v) is 4.37. The van der Waals surface area contributed by atoms with Crippen LogP contribution in [0, 0.1) is 11.6 Å². The summed E-state index contributed by atoms with van der Waals surface area (Å²) in [5.41, 5.74) is -1.66. The number of carbonyl (C=O) groups is 1. The van der Waals surface area contributed by atoms with Gasteiger partial charge < -0.3 is 5.32 Å². The lowest BCUT2D eigenvalue weighted by Crippen LogP contribution is -2.15. The molecule has 0 radical (unpaired) electrons. The van der Waals surface area contributed by atoms with E-state index in [2.05, 4.69) is 15.4 Å². The second-order valence-corrected chi connectivity index (χ2v) is 6.22. The molecule has 0 unspecified atom stereocenters. The van der Waals surface area contributed by atoms with Gasteiger partial charge in [-0.05, 0) is 18.2 Å². The van der Waals surface area contributed by atoms with Crippen molar-refractivity contribution < 1.29 is 26.7 Å². The number of rotatable bonds is 3. The number of aryl methyl sites for hydroxylation is 1. The molecular weight excluding hydrogens is 379 g/mol. The maximum Gasteiger partial charge on any atom is 0.435 e. The van der Waals surface area contributed by atoms with Crippen molar-refractivity contribution in [1.29, 1.82) is 0 Å². The molecule has 0 aliphatic heterocycles. The van der Waals surface area contributed by atoms with Gasteiger partial charge in [-0.15, -0.1) is 11.3 Å². The molecule has 11 heteroatoms. The summed E-state index contributed by atoms with van der Waals surface area (Å²) >= 11 is 0.938. The van der Waals surface area contributed by atoms with Gasteiger partial charge in [-0.3, -0.25) is 14.5 Å². The number of carbonyl (C=O) groups excluding carboxylic acids is 1. The molecule has 3 aromatic rings. The number of pyridine rings is 1. The highest BCUT2D eigenvalue weighted by molar-refractivity contribution is 7.19. The molecule has 1 amide bonds. The van der Waals surface area contributed by atoms with Gasteiger partial charge in [-0.25, -0.2) is 8.78 Å². The SMILES string of the molecule is Cn1nc(C(F)(F)F)cc1-c1ccc(NC(=O)c2c(F)cncc2F)s1. The van der Waals surface area contributed by atoms with Crippen LogP contribution in [0.4, 0.5) is 27.0 Å². The maximum atomic E-state index is 13.6. The van der Waals surface area contributed by atoms with Crippen LogP contribution in [0.1, 0.15) is 16.1 Å². The third-order valence-electron chi connectivity index (χ3n) is 3.35. The van der Waals surface area contributed by atoms with Crippen molar-refractivity contribution in [1.82, 2.24) is 14.8 Å². The van der Waals surface area contributed by atoms with Crippen LogP contribution in [-0.4, -0.2) is 20.7 Å². The van der Waals surface area contributed by atoms with Gasteiger partial charge in [-0.1, -0.05) is 0 Å². The lowest BCUT2D eigenvalue weighted by atomic mass is 10.2. The van der Waals surface area contributed by atoms with Gasteiger partial charge in [0.1, 0.15) is 5.56 Å². The van der Waals surface area contributed by atoms with Crippen LogP contribution >= 0.6 is 11.3 Å². The Morgan fingerprint density at radius 3 is 2.42 bits per heavy atom. The highest BCUT2D eigenvalue weighted by atomic mass is 32.1. The number of amides is 1. The van der Waals surface area contributed by atoms with Gasteiger partial charge in [0.15, 0.2) is 17.3 Å². The molecule has 0 saturated heterocycles. The number of halogens is 5. The number of nitrogens with one attached hydrogen (secondary N) is 1. The predicted octanol–water partition coefficient (Wildman–Crippen LogP) is 4.09. The minimum Gasteiger partial charge on any atom is -0.313 e. The second kappa shape index (κ2) is 6.48. The number of hydrogen-bond donors (Lipinski definition) is 1. The molecule has 3 heterocycles. The molecule has 0 aromatic carbocycles. The fourth-order valence-electron chi connectivity index (χ4n) is 2.18. The predicted molar refractivity (Wildman–Crippen MR) is 83.6 cm³/mol. The van der Waals surface area contributed by atoms with E-state index < -0.39 is 35.0 Å². The molecule has 0 bridgehead atoms. The monoisotopic (exact) mass is 388 g/mol. The molecule has 0 spiro atoms. The highest BCUT2D eigenvalue weighted by Gasteiger charge is 2.34. The number of hydrogen-bond acceptors (Lipinski definition) is 4. The van der Waals surface area contributed by atoms with E-state index >= 15 is 0 Å². The van der Waals surface area contributed by atoms with Crippen molar-refractivity contribution in [2.45, 2.75) is 6.18 Å². The van der Waals surface area contributed by atoms with Gasteiger partial charge in [0.2, 0.25) is 0 Å². The second-order valence-electron chi connectivity index (χ2n) is 5.13. The molecule has 0 fully saturated rings. The highest BCUT2D eigenvalue weighted by Crippen LogP contribution is 2.35. The lowest BCUT2D eigenvalue weighted by molar-refractivity contribution is -0.141. The molecule has 0 aliphatic rings. The number of thiophene rings is 1. The molecular formula is C15H9F5N4OS. The van der Waals surface area contributed by atoms with E-state index in [0.717, 1.165) is 22.1 Å². The van der Waals surface area contributed by atoms with Crippen LogP contribution in [0.15, 0.2) is 30.6 Å². The van der Waals surface area contributed by atoms with Crippen LogP contribution < -0.4 is 5.32 Å². The Kier molecular flexibility index (Phi) is 4.48. The molecule has 136 valence electrons. The standard InChI is InChI=1S/C15H9F5N4OS/c1-24-9(4-11(23-24)15(18,19)20)10-2-3-12(26-10)22-14(25)13-7(16)5-21-6-8(13)17/h2-6H,1H3,(H,22,25). The zero-order valence-corrected chi connectivity index (χ0v) is 13.8. The summed E-state index contributed by atoms with van der Waals surface area (Å²) < 4.78 is 66.4. The number of alkyl halides is 3. The largest absolute Gasteiger partial charge is 0.435 e. The minimum absolute atomic E-state index is 0.184. The first-order valence-electron chi connectivity index (χ1n) is 6.98. The fourth-order valence-corrected chi connectivity index (χ4v) is 3.13. The van der Waals surface area contributed by atoms with Gasteiger partial charge in [-0.2, -0.15) is 18.3 Å². The number of nitrogens with zero attached hydrogens (tertiary/aromatic N) is 3. The molecule has 5 nitrogen and oxygen atoms in total. The van der Waals surface area contributed by atoms with Crippen molar-refractivity contribution in [2.24, 2.45) is 7.05 Å². The summed E-state index contributed by atoms with van der Waals surface area (Å²) in [6, 6.07) is 3.76. The molecule has 1 N–H and O–H groups in total. The first-order valence-corrected chi connectivity index (χ1v) is 7.80. The van der Waals surface area contributed by atoms with Crippen LogP contribution in [0.2, 0.25) is 0 Å². The number of anilines is 1. The summed E-state index contributed by atoms with van der Waals surface area (Å²) in [6.45, 7) is 0. The molecule has 0 aliphatic carbocycles. The Bertz CT molecular complexity index is 959. The Labute approximate surface area is 147 Å². The Morgan fingerprint density at radius 2 is 1.85 bits per heavy atom. The van der Waals surface area contributed by atoms with Crippen LogP contribution in [0.25, 0.3) is 10.6 Å². The lowest BCUT2D eigenvalue weighted by Gasteiger charge is -2.04. The van der Waals surface area contributed by atoms with E-state index in [1.807, 2.05) is 0 Å². The van der Waals surface area contributed by atoms with Crippen molar-refractivity contribution in [3.05, 3.63) is 53.5 Å². The molecule has 0 saturated carbocycles. The average Bonchev–Trinajstić information content (AvgIpc) is 3.13. The smallest absolute Gasteiger partial charge is 0.313 e. The van der Waals surface area contributed by atoms with Crippen LogP contribution in [0.5, 0.6) is 0 Å². The molecule has 0 atom stereocenters. The van der Waals surface area contributed by atoms with Crippen molar-refractivity contribution in [3.8, 4) is 10.6 Å². The first-order chi connectivity index (χ1) is 12.2. The summed E-state index contributed by atoms with van der Waals surface area (Å²) in [7, 11) is 1.35. The topological polar surface area (TPSA) is 59.8 Å². The van der Waals surface area contributed by atoms with Gasteiger partial charge in [0.25, 0.3) is 5.91 Å². The van der Waals surface area contributed by atoms with Crippen LogP contribution in [-0.2, 0) is 13.2 Å².